The van der Waals surface area contributed by atoms with E-state index in [9.17, 15) is 14.4 Å². The predicted molar refractivity (Wildman–Crippen MR) is 115 cm³/mol. The number of furan rings is 1. The summed E-state index contributed by atoms with van der Waals surface area (Å²) in [6.45, 7) is 0.998. The first-order valence-electron chi connectivity index (χ1n) is 10.2. The number of hydrogen-bond donors (Lipinski definition) is 1. The van der Waals surface area contributed by atoms with E-state index in [2.05, 4.69) is 21.2 Å². The lowest BCUT2D eigenvalue weighted by Gasteiger charge is -2.33. The van der Waals surface area contributed by atoms with E-state index < -0.39 is 0 Å². The standard InChI is InChI=1S/C22H24BrN3O4/c1-25(22(29)18-10-11-19(23)30-18)17-7-3-2-6-16(17)21(28)26-12-4-5-14(13-26)20(27)24-15-8-9-15/h2-3,6-7,10-11,14-15H,4-5,8-9,12-13H2,1H3,(H,24,27). The molecule has 4 rings (SSSR count). The molecule has 1 saturated carbocycles. The molecule has 0 bridgehead atoms. The third-order valence-corrected chi connectivity index (χ3v) is 6.01. The van der Waals surface area contributed by atoms with Crippen LogP contribution in [0.3, 0.4) is 0 Å². The van der Waals surface area contributed by atoms with E-state index in [-0.39, 0.29) is 29.4 Å². The van der Waals surface area contributed by atoms with E-state index in [0.29, 0.717) is 35.1 Å². The smallest absolute Gasteiger partial charge is 0.293 e. The number of carbonyl (C=O) groups excluding carboxylic acids is 3. The van der Waals surface area contributed by atoms with Gasteiger partial charge in [0.05, 0.1) is 17.2 Å². The monoisotopic (exact) mass is 473 g/mol. The van der Waals surface area contributed by atoms with Crippen molar-refractivity contribution in [3.63, 3.8) is 0 Å². The minimum absolute atomic E-state index is 0.0407. The van der Waals surface area contributed by atoms with Crippen molar-refractivity contribution >= 4 is 39.3 Å². The van der Waals surface area contributed by atoms with E-state index in [4.69, 9.17) is 4.42 Å². The number of likely N-dealkylation sites (tertiary alicyclic amines) is 1. The summed E-state index contributed by atoms with van der Waals surface area (Å²) in [5.74, 6) is -0.480. The molecule has 0 spiro atoms. The Morgan fingerprint density at radius 3 is 2.60 bits per heavy atom. The first kappa shape index (κ1) is 20.7. The Kier molecular flexibility index (Phi) is 5.94. The summed E-state index contributed by atoms with van der Waals surface area (Å²) in [4.78, 5) is 41.7. The second-order valence-electron chi connectivity index (χ2n) is 7.86. The van der Waals surface area contributed by atoms with Crippen molar-refractivity contribution in [2.45, 2.75) is 31.7 Å². The van der Waals surface area contributed by atoms with Crippen molar-refractivity contribution in [1.29, 1.82) is 0 Å². The lowest BCUT2D eigenvalue weighted by molar-refractivity contribution is -0.126. The van der Waals surface area contributed by atoms with Gasteiger partial charge in [0.1, 0.15) is 0 Å². The average molecular weight is 474 g/mol. The highest BCUT2D eigenvalue weighted by molar-refractivity contribution is 9.10. The number of benzene rings is 1. The lowest BCUT2D eigenvalue weighted by Crippen LogP contribution is -2.46. The zero-order valence-electron chi connectivity index (χ0n) is 16.8. The molecule has 7 nitrogen and oxygen atoms in total. The molecule has 1 aliphatic heterocycles. The normalized spacial score (nSPS) is 18.7. The third kappa shape index (κ3) is 4.43. The fourth-order valence-electron chi connectivity index (χ4n) is 3.74. The number of nitrogens with zero attached hydrogens (tertiary/aromatic N) is 2. The Labute approximate surface area is 183 Å². The average Bonchev–Trinajstić information content (AvgIpc) is 3.48. The molecule has 1 aromatic carbocycles. The van der Waals surface area contributed by atoms with Crippen LogP contribution in [0.1, 0.15) is 46.6 Å². The molecule has 2 aliphatic rings. The number of carbonyl (C=O) groups is 3. The van der Waals surface area contributed by atoms with E-state index >= 15 is 0 Å². The van der Waals surface area contributed by atoms with Gasteiger partial charge in [-0.15, -0.1) is 0 Å². The number of amides is 3. The van der Waals surface area contributed by atoms with Crippen LogP contribution in [0.15, 0.2) is 45.5 Å². The Morgan fingerprint density at radius 1 is 1.13 bits per heavy atom. The topological polar surface area (TPSA) is 82.9 Å². The number of halogens is 1. The fraction of sp³-hybridized carbons (Fsp3) is 0.409. The van der Waals surface area contributed by atoms with Gasteiger partial charge in [0.2, 0.25) is 5.91 Å². The number of piperidine rings is 1. The molecule has 2 aromatic rings. The number of anilines is 1. The van der Waals surface area contributed by atoms with Crippen molar-refractivity contribution in [3.8, 4) is 0 Å². The first-order chi connectivity index (χ1) is 14.4. The molecule has 1 saturated heterocycles. The summed E-state index contributed by atoms with van der Waals surface area (Å²) in [6.07, 6.45) is 3.66. The van der Waals surface area contributed by atoms with Crippen LogP contribution in [-0.2, 0) is 4.79 Å². The molecular weight excluding hydrogens is 450 g/mol. The molecule has 1 aromatic heterocycles. The highest BCUT2D eigenvalue weighted by Crippen LogP contribution is 2.27. The van der Waals surface area contributed by atoms with Crippen LogP contribution in [0, 0.1) is 5.92 Å². The predicted octanol–water partition coefficient (Wildman–Crippen LogP) is 3.45. The second-order valence-corrected chi connectivity index (χ2v) is 8.64. The summed E-state index contributed by atoms with van der Waals surface area (Å²) >= 11 is 3.20. The zero-order chi connectivity index (χ0) is 21.3. The summed E-state index contributed by atoms with van der Waals surface area (Å²) in [5.41, 5.74) is 0.937. The number of hydrogen-bond acceptors (Lipinski definition) is 4. The van der Waals surface area contributed by atoms with Gasteiger partial charge in [-0.25, -0.2) is 0 Å². The van der Waals surface area contributed by atoms with Crippen LogP contribution < -0.4 is 10.2 Å². The summed E-state index contributed by atoms with van der Waals surface area (Å²) < 4.78 is 5.83. The van der Waals surface area contributed by atoms with Crippen molar-refractivity contribution in [2.75, 3.05) is 25.0 Å². The molecule has 158 valence electrons. The second kappa shape index (κ2) is 8.63. The molecule has 3 amide bonds. The summed E-state index contributed by atoms with van der Waals surface area (Å²) in [5, 5.41) is 3.04. The zero-order valence-corrected chi connectivity index (χ0v) is 18.4. The molecule has 1 aliphatic carbocycles. The number of nitrogens with one attached hydrogen (secondary N) is 1. The van der Waals surface area contributed by atoms with Gasteiger partial charge < -0.3 is 19.5 Å². The molecule has 30 heavy (non-hydrogen) atoms. The van der Waals surface area contributed by atoms with Crippen LogP contribution in [0.25, 0.3) is 0 Å². The maximum atomic E-state index is 13.3. The van der Waals surface area contributed by atoms with Gasteiger partial charge in [-0.2, -0.15) is 0 Å². The van der Waals surface area contributed by atoms with E-state index in [1.807, 2.05) is 0 Å². The number of para-hydroxylation sites is 1. The van der Waals surface area contributed by atoms with Crippen molar-refractivity contribution in [3.05, 3.63) is 52.4 Å². The lowest BCUT2D eigenvalue weighted by atomic mass is 9.96. The van der Waals surface area contributed by atoms with Crippen LogP contribution in [0.4, 0.5) is 5.69 Å². The molecule has 1 unspecified atom stereocenters. The van der Waals surface area contributed by atoms with Gasteiger partial charge in [-0.1, -0.05) is 12.1 Å². The maximum absolute atomic E-state index is 13.3. The minimum atomic E-state index is -0.346. The van der Waals surface area contributed by atoms with Crippen molar-refractivity contribution < 1.29 is 18.8 Å². The fourth-order valence-corrected chi connectivity index (χ4v) is 4.05. The SMILES string of the molecule is CN(C(=O)c1ccc(Br)o1)c1ccccc1C(=O)N1CCCC(C(=O)NC2CC2)C1. The van der Waals surface area contributed by atoms with E-state index in [1.54, 1.807) is 48.3 Å². The molecule has 1 atom stereocenters. The maximum Gasteiger partial charge on any atom is 0.293 e. The van der Waals surface area contributed by atoms with Gasteiger partial charge in [0.15, 0.2) is 10.4 Å². The molecule has 1 N–H and O–H groups in total. The molecular formula is C22H24BrN3O4. The van der Waals surface area contributed by atoms with Gasteiger partial charge in [-0.3, -0.25) is 14.4 Å². The first-order valence-corrected chi connectivity index (χ1v) is 11.0. The minimum Gasteiger partial charge on any atom is -0.444 e. The Bertz CT molecular complexity index is 969. The Balaban J connectivity index is 1.51. The van der Waals surface area contributed by atoms with Crippen LogP contribution >= 0.6 is 15.9 Å². The van der Waals surface area contributed by atoms with E-state index in [1.165, 1.54) is 4.90 Å². The Morgan fingerprint density at radius 2 is 1.90 bits per heavy atom. The highest BCUT2D eigenvalue weighted by atomic mass is 79.9. The van der Waals surface area contributed by atoms with E-state index in [0.717, 1.165) is 25.7 Å². The molecule has 2 fully saturated rings. The Hall–Kier alpha value is -2.61. The quantitative estimate of drug-likeness (QED) is 0.720. The van der Waals surface area contributed by atoms with Gasteiger partial charge >= 0.3 is 0 Å². The largest absolute Gasteiger partial charge is 0.444 e. The van der Waals surface area contributed by atoms with Crippen LogP contribution in [0.2, 0.25) is 0 Å². The van der Waals surface area contributed by atoms with Crippen LogP contribution in [0.5, 0.6) is 0 Å². The van der Waals surface area contributed by atoms with Crippen molar-refractivity contribution in [2.24, 2.45) is 5.92 Å². The third-order valence-electron chi connectivity index (χ3n) is 5.59. The van der Waals surface area contributed by atoms with Crippen LogP contribution in [-0.4, -0.2) is 48.8 Å². The van der Waals surface area contributed by atoms with Gasteiger partial charge in [-0.05, 0) is 65.9 Å². The summed E-state index contributed by atoms with van der Waals surface area (Å²) in [6, 6.07) is 10.6. The molecule has 0 radical (unpaired) electrons. The molecule has 8 heteroatoms. The number of rotatable bonds is 5. The van der Waals surface area contributed by atoms with Gasteiger partial charge in [0, 0.05) is 26.2 Å². The molecule has 2 heterocycles. The highest BCUT2D eigenvalue weighted by Gasteiger charge is 2.33. The van der Waals surface area contributed by atoms with Crippen molar-refractivity contribution in [1.82, 2.24) is 10.2 Å². The summed E-state index contributed by atoms with van der Waals surface area (Å²) in [7, 11) is 1.62. The van der Waals surface area contributed by atoms with Gasteiger partial charge in [0.25, 0.3) is 11.8 Å².